The van der Waals surface area contributed by atoms with E-state index in [1.807, 2.05) is 36.4 Å². The molecule has 0 heterocycles. The second-order valence-corrected chi connectivity index (χ2v) is 10.7. The van der Waals surface area contributed by atoms with Crippen molar-refractivity contribution in [3.63, 3.8) is 0 Å². The number of ether oxygens (including phenoxy) is 1. The van der Waals surface area contributed by atoms with Gasteiger partial charge in [-0.3, -0.25) is 4.72 Å². The van der Waals surface area contributed by atoms with Crippen LogP contribution in [-0.4, -0.2) is 67.0 Å². The van der Waals surface area contributed by atoms with Gasteiger partial charge >= 0.3 is 12.1 Å². The Bertz CT molecular complexity index is 1400. The normalized spacial score (nSPS) is 12.9. The third-order valence-corrected chi connectivity index (χ3v) is 6.15. The SMILES string of the molecule is COc1ccc(C(Cc2ccccc2)NC[C@@H](O)Cc2ccc(O)c(NS(C)(=O)=O)c2)cc1O.O=C(O)C(F)(F)F. The number of carboxylic acids is 1. The standard InChI is InChI=1S/C25H30N2O6S.C2HF3O2/c1-33-25-11-9-19(15-24(25)30)21(13-17-6-4-3-5-7-17)26-16-20(28)12-18-8-10-23(29)22(14-18)27-34(2,31)32;3-2(4,5)1(6)7/h3-11,14-15,20-21,26-30H,12-13,16H2,1-2H3;(H,6,7)/t20-,21?;/m0./s1. The number of benzene rings is 3. The van der Waals surface area contributed by atoms with E-state index in [1.54, 1.807) is 18.2 Å². The largest absolute Gasteiger partial charge is 0.506 e. The molecule has 0 aliphatic carbocycles. The van der Waals surface area contributed by atoms with Crippen LogP contribution in [0.15, 0.2) is 66.7 Å². The molecule has 2 atom stereocenters. The molecule has 0 bridgehead atoms. The molecule has 0 amide bonds. The third kappa shape index (κ3) is 11.6. The first kappa shape index (κ1) is 33.2. The zero-order valence-corrected chi connectivity index (χ0v) is 22.9. The van der Waals surface area contributed by atoms with E-state index >= 15 is 0 Å². The van der Waals surface area contributed by atoms with Crippen LogP contribution >= 0.6 is 0 Å². The number of halogens is 3. The summed E-state index contributed by atoms with van der Waals surface area (Å²) in [7, 11) is -2.06. The number of aliphatic hydroxyl groups is 1. The quantitative estimate of drug-likeness (QED) is 0.180. The third-order valence-electron chi connectivity index (χ3n) is 5.56. The maximum absolute atomic E-state index is 11.5. The summed E-state index contributed by atoms with van der Waals surface area (Å²) < 4.78 is 62.2. The Hall–Kier alpha value is -4.01. The molecule has 0 fully saturated rings. The molecule has 224 valence electrons. The summed E-state index contributed by atoms with van der Waals surface area (Å²) in [6, 6.07) is 19.5. The fourth-order valence-corrected chi connectivity index (χ4v) is 4.26. The summed E-state index contributed by atoms with van der Waals surface area (Å²) in [5, 5.41) is 41.3. The first-order chi connectivity index (χ1) is 19.1. The summed E-state index contributed by atoms with van der Waals surface area (Å²) in [5.41, 5.74) is 2.68. The molecule has 0 aliphatic rings. The van der Waals surface area contributed by atoms with E-state index in [0.29, 0.717) is 17.7 Å². The molecule has 1 unspecified atom stereocenters. The molecule has 10 nitrogen and oxygen atoms in total. The van der Waals surface area contributed by atoms with Gasteiger partial charge < -0.3 is 30.5 Å². The number of nitrogens with one attached hydrogen (secondary N) is 2. The molecular formula is C27H31F3N2O8S. The number of sulfonamides is 1. The Balaban J connectivity index is 0.000000745. The first-order valence-electron chi connectivity index (χ1n) is 12.0. The number of alkyl halides is 3. The van der Waals surface area contributed by atoms with Crippen LogP contribution in [0.1, 0.15) is 22.7 Å². The highest BCUT2D eigenvalue weighted by molar-refractivity contribution is 7.92. The number of carboxylic acid groups (broad SMARTS) is 1. The maximum Gasteiger partial charge on any atom is 0.490 e. The van der Waals surface area contributed by atoms with E-state index in [0.717, 1.165) is 17.4 Å². The van der Waals surface area contributed by atoms with Gasteiger partial charge in [0.2, 0.25) is 10.0 Å². The molecule has 6 N–H and O–H groups in total. The van der Waals surface area contributed by atoms with Crippen molar-refractivity contribution in [3.05, 3.63) is 83.4 Å². The lowest BCUT2D eigenvalue weighted by Crippen LogP contribution is -2.32. The molecule has 0 saturated carbocycles. The Morgan fingerprint density at radius 1 is 0.951 bits per heavy atom. The number of methoxy groups -OCH3 is 1. The molecule has 0 radical (unpaired) electrons. The number of phenols is 2. The van der Waals surface area contributed by atoms with Gasteiger partial charge in [-0.2, -0.15) is 13.2 Å². The summed E-state index contributed by atoms with van der Waals surface area (Å²) in [6.45, 7) is 0.250. The van der Waals surface area contributed by atoms with Gasteiger partial charge in [-0.05, 0) is 53.8 Å². The molecular weight excluding hydrogens is 569 g/mol. The highest BCUT2D eigenvalue weighted by Crippen LogP contribution is 2.30. The van der Waals surface area contributed by atoms with Gasteiger partial charge in [-0.1, -0.05) is 42.5 Å². The Morgan fingerprint density at radius 3 is 2.12 bits per heavy atom. The number of hydrogen-bond donors (Lipinski definition) is 6. The lowest BCUT2D eigenvalue weighted by atomic mass is 9.97. The van der Waals surface area contributed by atoms with Crippen molar-refractivity contribution in [2.75, 3.05) is 24.6 Å². The number of hydrogen-bond acceptors (Lipinski definition) is 8. The van der Waals surface area contributed by atoms with Gasteiger partial charge in [-0.15, -0.1) is 0 Å². The summed E-state index contributed by atoms with van der Waals surface area (Å²) >= 11 is 0. The highest BCUT2D eigenvalue weighted by Gasteiger charge is 2.38. The molecule has 3 rings (SSSR count). The number of aliphatic carboxylic acids is 1. The van der Waals surface area contributed by atoms with Crippen LogP contribution in [0.3, 0.4) is 0 Å². The summed E-state index contributed by atoms with van der Waals surface area (Å²) in [4.78, 5) is 8.90. The Morgan fingerprint density at radius 2 is 1.59 bits per heavy atom. The second kappa shape index (κ2) is 14.6. The van der Waals surface area contributed by atoms with Gasteiger partial charge in [0.15, 0.2) is 11.5 Å². The van der Waals surface area contributed by atoms with Gasteiger partial charge in [0, 0.05) is 12.6 Å². The van der Waals surface area contributed by atoms with Crippen LogP contribution < -0.4 is 14.8 Å². The summed E-state index contributed by atoms with van der Waals surface area (Å²) in [5.74, 6) is -2.53. The minimum absolute atomic E-state index is 0.0374. The van der Waals surface area contributed by atoms with Crippen molar-refractivity contribution >= 4 is 21.7 Å². The minimum atomic E-state index is -5.08. The second-order valence-electron chi connectivity index (χ2n) is 8.97. The molecule has 14 heteroatoms. The average Bonchev–Trinajstić information content (AvgIpc) is 2.88. The van der Waals surface area contributed by atoms with Crippen molar-refractivity contribution in [1.82, 2.24) is 5.32 Å². The lowest BCUT2D eigenvalue weighted by Gasteiger charge is -2.22. The van der Waals surface area contributed by atoms with Crippen LogP contribution in [-0.2, 0) is 27.7 Å². The monoisotopic (exact) mass is 600 g/mol. The van der Waals surface area contributed by atoms with E-state index in [-0.39, 0.29) is 36.2 Å². The number of anilines is 1. The lowest BCUT2D eigenvalue weighted by molar-refractivity contribution is -0.192. The smallest absolute Gasteiger partial charge is 0.490 e. The summed E-state index contributed by atoms with van der Waals surface area (Å²) in [6.07, 6.45) is -3.97. The van der Waals surface area contributed by atoms with Gasteiger partial charge in [-0.25, -0.2) is 13.2 Å². The van der Waals surface area contributed by atoms with E-state index < -0.39 is 28.3 Å². The predicted octanol–water partition coefficient (Wildman–Crippen LogP) is 3.59. The molecule has 41 heavy (non-hydrogen) atoms. The van der Waals surface area contributed by atoms with Crippen LogP contribution in [0, 0.1) is 0 Å². The molecule has 0 saturated heterocycles. The fourth-order valence-electron chi connectivity index (χ4n) is 3.70. The van der Waals surface area contributed by atoms with Crippen LogP contribution in [0.2, 0.25) is 0 Å². The first-order valence-corrected chi connectivity index (χ1v) is 13.9. The zero-order chi connectivity index (χ0) is 30.8. The van der Waals surface area contributed by atoms with E-state index in [2.05, 4.69) is 10.0 Å². The van der Waals surface area contributed by atoms with Gasteiger partial charge in [0.25, 0.3) is 0 Å². The maximum atomic E-state index is 11.5. The van der Waals surface area contributed by atoms with Crippen molar-refractivity contribution in [2.45, 2.75) is 31.2 Å². The number of carbonyl (C=O) groups is 1. The molecule has 0 aliphatic heterocycles. The minimum Gasteiger partial charge on any atom is -0.506 e. The predicted molar refractivity (Wildman–Crippen MR) is 146 cm³/mol. The van der Waals surface area contributed by atoms with Crippen LogP contribution in [0.25, 0.3) is 0 Å². The van der Waals surface area contributed by atoms with Crippen molar-refractivity contribution in [1.29, 1.82) is 0 Å². The Labute approximate surface area is 235 Å². The van der Waals surface area contributed by atoms with E-state index in [1.165, 1.54) is 19.2 Å². The molecule has 0 aromatic heterocycles. The van der Waals surface area contributed by atoms with E-state index in [9.17, 15) is 36.9 Å². The highest BCUT2D eigenvalue weighted by atomic mass is 32.2. The number of aliphatic hydroxyl groups excluding tert-OH is 1. The number of aromatic hydroxyl groups is 2. The zero-order valence-electron chi connectivity index (χ0n) is 22.1. The topological polar surface area (TPSA) is 165 Å². The van der Waals surface area contributed by atoms with E-state index in [4.69, 9.17) is 14.6 Å². The molecule has 0 spiro atoms. The van der Waals surface area contributed by atoms with Crippen LogP contribution in [0.5, 0.6) is 17.2 Å². The van der Waals surface area contributed by atoms with Crippen molar-refractivity contribution < 1.29 is 51.5 Å². The Kier molecular flexibility index (Phi) is 11.8. The fraction of sp³-hybridized carbons (Fsp3) is 0.296. The number of rotatable bonds is 11. The molecule has 3 aromatic rings. The van der Waals surface area contributed by atoms with Crippen molar-refractivity contribution in [3.8, 4) is 17.2 Å². The van der Waals surface area contributed by atoms with Gasteiger partial charge in [0.05, 0.1) is 25.2 Å². The average molecular weight is 601 g/mol. The van der Waals surface area contributed by atoms with Crippen molar-refractivity contribution in [2.24, 2.45) is 0 Å². The van der Waals surface area contributed by atoms with Crippen LogP contribution in [0.4, 0.5) is 18.9 Å². The van der Waals surface area contributed by atoms with Gasteiger partial charge in [0.1, 0.15) is 5.75 Å². The number of phenolic OH excluding ortho intramolecular Hbond substituents is 2. The molecule has 3 aromatic carbocycles.